The fraction of sp³-hybridized carbons (Fsp3) is 1.00. The number of piperidine rings is 1. The summed E-state index contributed by atoms with van der Waals surface area (Å²) in [5.41, 5.74) is 0. The smallest absolute Gasteiger partial charge is 0.427 e. The maximum atomic E-state index is 9.01. The molecule has 1 aliphatic carbocycles. The lowest BCUT2D eigenvalue weighted by molar-refractivity contribution is 0.110. The second-order valence-electron chi connectivity index (χ2n) is 7.39. The van der Waals surface area contributed by atoms with Gasteiger partial charge in [0.05, 0.1) is 6.17 Å². The van der Waals surface area contributed by atoms with Crippen molar-refractivity contribution in [2.24, 2.45) is 5.92 Å². The molecule has 3 rings (SSSR count). The van der Waals surface area contributed by atoms with E-state index in [4.69, 9.17) is 10.0 Å². The van der Waals surface area contributed by atoms with Crippen LogP contribution in [-0.4, -0.2) is 60.0 Å². The summed E-state index contributed by atoms with van der Waals surface area (Å²) in [5.74, 6) is 0.725. The molecular weight excluding hydrogens is 277 g/mol. The van der Waals surface area contributed by atoms with Crippen molar-refractivity contribution in [1.82, 2.24) is 15.5 Å². The molecule has 3 aliphatic rings. The van der Waals surface area contributed by atoms with Crippen molar-refractivity contribution in [3.63, 3.8) is 0 Å². The number of nitrogens with one attached hydrogen (secondary N) is 2. The van der Waals surface area contributed by atoms with Crippen molar-refractivity contribution < 1.29 is 10.0 Å². The van der Waals surface area contributed by atoms with Gasteiger partial charge >= 0.3 is 7.12 Å². The van der Waals surface area contributed by atoms with Gasteiger partial charge in [0.1, 0.15) is 0 Å². The summed E-state index contributed by atoms with van der Waals surface area (Å²) in [6.07, 6.45) is 11.0. The highest BCUT2D eigenvalue weighted by Gasteiger charge is 2.44. The van der Waals surface area contributed by atoms with E-state index in [0.717, 1.165) is 31.8 Å². The molecule has 2 heterocycles. The third kappa shape index (κ3) is 4.03. The monoisotopic (exact) mass is 309 g/mol. The highest BCUT2D eigenvalue weighted by molar-refractivity contribution is 6.40. The van der Waals surface area contributed by atoms with E-state index >= 15 is 0 Å². The van der Waals surface area contributed by atoms with Gasteiger partial charge in [0, 0.05) is 24.5 Å². The van der Waals surface area contributed by atoms with Crippen LogP contribution >= 0.6 is 0 Å². The second kappa shape index (κ2) is 8.11. The summed E-state index contributed by atoms with van der Waals surface area (Å²) < 4.78 is 0. The predicted molar refractivity (Wildman–Crippen MR) is 89.5 cm³/mol. The topological polar surface area (TPSA) is 67.8 Å². The maximum absolute atomic E-state index is 9.01. The maximum Gasteiger partial charge on any atom is 0.451 e. The van der Waals surface area contributed by atoms with Gasteiger partial charge in [-0.1, -0.05) is 19.3 Å². The Kier molecular flexibility index (Phi) is 6.16. The standard InChI is InChI=1S/C16H32BN3O2/c21-17(22)9-3-4-11-20-15-8-2-1-7-14(15)19-16(20)13-6-5-10-18-12-13/h13-16,18-19,21-22H,1-12H2. The van der Waals surface area contributed by atoms with E-state index in [2.05, 4.69) is 15.5 Å². The molecule has 1 saturated carbocycles. The van der Waals surface area contributed by atoms with E-state index in [0.29, 0.717) is 24.6 Å². The molecular formula is C16H32BN3O2. The third-order valence-corrected chi connectivity index (χ3v) is 5.81. The summed E-state index contributed by atoms with van der Waals surface area (Å²) in [7, 11) is -1.14. The van der Waals surface area contributed by atoms with Crippen molar-refractivity contribution in [3.05, 3.63) is 0 Å². The molecule has 4 unspecified atom stereocenters. The van der Waals surface area contributed by atoms with Crippen molar-refractivity contribution in [1.29, 1.82) is 0 Å². The molecule has 0 amide bonds. The third-order valence-electron chi connectivity index (χ3n) is 5.81. The van der Waals surface area contributed by atoms with Crippen LogP contribution < -0.4 is 10.6 Å². The lowest BCUT2D eigenvalue weighted by Gasteiger charge is -2.37. The number of unbranched alkanes of at least 4 members (excludes halogenated alkanes) is 1. The molecule has 0 radical (unpaired) electrons. The number of hydrogen-bond acceptors (Lipinski definition) is 5. The average Bonchev–Trinajstić information content (AvgIpc) is 2.91. The SMILES string of the molecule is OB(O)CCCCN1C2CCCCC2NC1C1CCCNC1. The summed E-state index contributed by atoms with van der Waals surface area (Å²) in [6, 6.07) is 1.39. The first-order valence-electron chi connectivity index (χ1n) is 9.34. The van der Waals surface area contributed by atoms with Crippen LogP contribution in [0.5, 0.6) is 0 Å². The fourth-order valence-electron chi connectivity index (χ4n) is 4.71. The van der Waals surface area contributed by atoms with Crippen molar-refractivity contribution >= 4 is 7.12 Å². The Morgan fingerprint density at radius 1 is 1.05 bits per heavy atom. The fourth-order valence-corrected chi connectivity index (χ4v) is 4.71. The minimum absolute atomic E-state index is 0.505. The Hall–Kier alpha value is -0.135. The van der Waals surface area contributed by atoms with Crippen LogP contribution in [0, 0.1) is 5.92 Å². The molecule has 0 aromatic carbocycles. The zero-order valence-corrected chi connectivity index (χ0v) is 13.7. The molecule has 4 N–H and O–H groups in total. The van der Waals surface area contributed by atoms with E-state index in [1.54, 1.807) is 0 Å². The number of fused-ring (bicyclic) bond motifs is 1. The first-order chi connectivity index (χ1) is 10.8. The molecule has 22 heavy (non-hydrogen) atoms. The van der Waals surface area contributed by atoms with E-state index in [9.17, 15) is 0 Å². The van der Waals surface area contributed by atoms with E-state index < -0.39 is 7.12 Å². The molecule has 2 aliphatic heterocycles. The zero-order chi connectivity index (χ0) is 15.4. The Balaban J connectivity index is 1.58. The van der Waals surface area contributed by atoms with E-state index in [-0.39, 0.29) is 0 Å². The van der Waals surface area contributed by atoms with Crippen LogP contribution in [0.25, 0.3) is 0 Å². The molecule has 0 aromatic heterocycles. The van der Waals surface area contributed by atoms with E-state index in [1.807, 2.05) is 0 Å². The van der Waals surface area contributed by atoms with Gasteiger partial charge < -0.3 is 15.4 Å². The van der Waals surface area contributed by atoms with Crippen molar-refractivity contribution in [2.75, 3.05) is 19.6 Å². The molecule has 4 atom stereocenters. The Labute approximate surface area is 135 Å². The Morgan fingerprint density at radius 3 is 2.68 bits per heavy atom. The summed E-state index contributed by atoms with van der Waals surface area (Å²) in [4.78, 5) is 2.73. The van der Waals surface area contributed by atoms with Crippen LogP contribution in [-0.2, 0) is 0 Å². The highest BCUT2D eigenvalue weighted by Crippen LogP contribution is 2.34. The first-order valence-corrected chi connectivity index (χ1v) is 9.34. The van der Waals surface area contributed by atoms with Gasteiger partial charge in [-0.05, 0) is 51.5 Å². The minimum atomic E-state index is -1.14. The van der Waals surface area contributed by atoms with Gasteiger partial charge in [-0.3, -0.25) is 10.2 Å². The van der Waals surface area contributed by atoms with Gasteiger partial charge in [0.2, 0.25) is 0 Å². The predicted octanol–water partition coefficient (Wildman–Crippen LogP) is 0.782. The van der Waals surface area contributed by atoms with Crippen LogP contribution in [0.2, 0.25) is 6.32 Å². The van der Waals surface area contributed by atoms with Gasteiger partial charge in [-0.15, -0.1) is 0 Å². The molecule has 0 aromatic rings. The quantitative estimate of drug-likeness (QED) is 0.431. The molecule has 0 bridgehead atoms. The number of nitrogens with zero attached hydrogens (tertiary/aromatic N) is 1. The number of hydrogen-bond donors (Lipinski definition) is 4. The van der Waals surface area contributed by atoms with E-state index in [1.165, 1.54) is 45.1 Å². The summed E-state index contributed by atoms with van der Waals surface area (Å²) in [5, 5.41) is 25.5. The van der Waals surface area contributed by atoms with Gasteiger partial charge in [-0.2, -0.15) is 0 Å². The highest BCUT2D eigenvalue weighted by atomic mass is 16.4. The van der Waals surface area contributed by atoms with Crippen LogP contribution in [0.15, 0.2) is 0 Å². The second-order valence-corrected chi connectivity index (χ2v) is 7.39. The molecule has 3 fully saturated rings. The molecule has 6 heteroatoms. The van der Waals surface area contributed by atoms with Crippen molar-refractivity contribution in [3.8, 4) is 0 Å². The average molecular weight is 309 g/mol. The summed E-state index contributed by atoms with van der Waals surface area (Å²) >= 11 is 0. The Bertz CT molecular complexity index is 339. The van der Waals surface area contributed by atoms with Gasteiger partial charge in [0.15, 0.2) is 0 Å². The molecule has 5 nitrogen and oxygen atoms in total. The largest absolute Gasteiger partial charge is 0.451 e. The van der Waals surface area contributed by atoms with Crippen LogP contribution in [0.4, 0.5) is 0 Å². The van der Waals surface area contributed by atoms with Crippen LogP contribution in [0.3, 0.4) is 0 Å². The van der Waals surface area contributed by atoms with Crippen molar-refractivity contribution in [2.45, 2.75) is 75.9 Å². The lowest BCUT2D eigenvalue weighted by Crippen LogP contribution is -2.49. The molecule has 2 saturated heterocycles. The molecule has 126 valence electrons. The minimum Gasteiger partial charge on any atom is -0.427 e. The zero-order valence-electron chi connectivity index (χ0n) is 13.7. The van der Waals surface area contributed by atoms with Gasteiger partial charge in [-0.25, -0.2) is 0 Å². The molecule has 0 spiro atoms. The van der Waals surface area contributed by atoms with Crippen LogP contribution in [0.1, 0.15) is 51.4 Å². The normalized spacial score (nSPS) is 36.3. The van der Waals surface area contributed by atoms with Gasteiger partial charge in [0.25, 0.3) is 0 Å². The Morgan fingerprint density at radius 2 is 1.91 bits per heavy atom. The lowest BCUT2D eigenvalue weighted by atomic mass is 9.83. The summed E-state index contributed by atoms with van der Waals surface area (Å²) in [6.45, 7) is 3.41. The number of rotatable bonds is 6. The first kappa shape index (κ1) is 16.7.